The minimum absolute atomic E-state index is 0.0188. The van der Waals surface area contributed by atoms with Crippen molar-refractivity contribution in [2.24, 2.45) is 0 Å². The average Bonchev–Trinajstić information content (AvgIpc) is 3.29. The highest BCUT2D eigenvalue weighted by Gasteiger charge is 2.43. The van der Waals surface area contributed by atoms with Gasteiger partial charge in [0, 0.05) is 25.6 Å². The first kappa shape index (κ1) is 28.4. The average molecular weight is 622 g/mol. The number of fused-ring (bicyclic) bond motifs is 1. The summed E-state index contributed by atoms with van der Waals surface area (Å²) in [5.74, 6) is 0.469. The van der Waals surface area contributed by atoms with Crippen molar-refractivity contribution in [3.05, 3.63) is 119 Å². The van der Waals surface area contributed by atoms with Crippen molar-refractivity contribution in [2.75, 3.05) is 6.61 Å². The molecule has 0 atom stereocenters. The Bertz CT molecular complexity index is 1560. The van der Waals surface area contributed by atoms with Crippen molar-refractivity contribution in [1.82, 2.24) is 9.78 Å². The number of aliphatic hydroxyl groups is 1. The number of halogens is 2. The van der Waals surface area contributed by atoms with E-state index >= 15 is 0 Å². The monoisotopic (exact) mass is 620 g/mol. The van der Waals surface area contributed by atoms with Crippen molar-refractivity contribution in [2.45, 2.75) is 54.7 Å². The molecule has 0 aliphatic rings. The summed E-state index contributed by atoms with van der Waals surface area (Å²) in [5.41, 5.74) is 2.07. The minimum atomic E-state index is -2.06. The van der Waals surface area contributed by atoms with E-state index in [0.29, 0.717) is 19.4 Å². The van der Waals surface area contributed by atoms with Crippen molar-refractivity contribution in [3.63, 3.8) is 0 Å². The molecule has 5 rings (SSSR count). The van der Waals surface area contributed by atoms with Crippen LogP contribution < -0.4 is 4.18 Å². The molecule has 1 aromatic heterocycles. The van der Waals surface area contributed by atoms with Gasteiger partial charge in [-0.25, -0.2) is 4.39 Å². The number of rotatable bonds is 9. The first-order valence-corrected chi connectivity index (χ1v) is 15.7. The van der Waals surface area contributed by atoms with Crippen LogP contribution in [-0.2, 0) is 19.4 Å². The van der Waals surface area contributed by atoms with Crippen molar-refractivity contribution in [3.8, 4) is 5.75 Å². The highest BCUT2D eigenvalue weighted by molar-refractivity contribution is 9.10. The maximum Gasteiger partial charge on any atom is 0.143 e. The van der Waals surface area contributed by atoms with Gasteiger partial charge in [0.2, 0.25) is 0 Å². The van der Waals surface area contributed by atoms with Crippen LogP contribution in [0.25, 0.3) is 10.8 Å². The molecule has 1 N–H and O–H groups in total. The molecule has 0 bridgehead atoms. The molecule has 0 fully saturated rings. The second kappa shape index (κ2) is 11.8. The number of benzene rings is 4. The Morgan fingerprint density at radius 1 is 0.875 bits per heavy atom. The third-order valence-electron chi connectivity index (χ3n) is 6.98. The van der Waals surface area contributed by atoms with Crippen LogP contribution in [0.1, 0.15) is 32.0 Å². The zero-order valence-electron chi connectivity index (χ0n) is 23.0. The predicted octanol–water partition coefficient (Wildman–Crippen LogP) is 8.73. The van der Waals surface area contributed by atoms with Crippen molar-refractivity contribution < 1.29 is 13.7 Å². The fraction of sp³-hybridized carbons (Fsp3) is 0.242. The third-order valence-corrected chi connectivity index (χ3v) is 11.4. The van der Waals surface area contributed by atoms with E-state index in [-0.39, 0.29) is 17.2 Å². The molecule has 0 aliphatic heterocycles. The maximum atomic E-state index is 14.5. The topological polar surface area (TPSA) is 47.3 Å². The van der Waals surface area contributed by atoms with Gasteiger partial charge in [-0.05, 0) is 125 Å². The summed E-state index contributed by atoms with van der Waals surface area (Å²) in [4.78, 5) is 2.26. The molecule has 40 heavy (non-hydrogen) atoms. The van der Waals surface area contributed by atoms with Crippen molar-refractivity contribution >= 4 is 37.0 Å². The summed E-state index contributed by atoms with van der Waals surface area (Å²) >= 11 is 3.45. The highest BCUT2D eigenvalue weighted by Crippen LogP contribution is 2.70. The SMILES string of the molecule is CC(C)(C)S(Oc1cc(CCc2cc(Br)nn2CCO)cc2cc(F)ccc12)(c1ccccc1)c1ccccc1. The van der Waals surface area contributed by atoms with Crippen LogP contribution in [0.3, 0.4) is 0 Å². The second-order valence-electron chi connectivity index (χ2n) is 10.7. The molecule has 0 saturated carbocycles. The molecule has 4 aromatic carbocycles. The largest absolute Gasteiger partial charge is 0.439 e. The molecule has 1 heterocycles. The molecular formula is C33H34BrFN2O2S. The molecular weight excluding hydrogens is 587 g/mol. The van der Waals surface area contributed by atoms with Gasteiger partial charge in [0.15, 0.2) is 0 Å². The number of aromatic nitrogens is 2. The van der Waals surface area contributed by atoms with Crippen LogP contribution in [0.15, 0.2) is 111 Å². The van der Waals surface area contributed by atoms with Gasteiger partial charge >= 0.3 is 0 Å². The standard InChI is InChI=1S/C33H34BrFN2O2S/c1-33(2,3)40(28-10-6-4-7-11-28,29-12-8-5-9-13-29)39-31-21-24(20-25-22-26(35)15-17-30(25)31)14-16-27-23-32(34)36-37(27)18-19-38/h4-13,15,17,20-23,38H,14,16,18-19H2,1-3H3. The Hall–Kier alpha value is -3.13. The van der Waals surface area contributed by atoms with E-state index in [1.807, 2.05) is 35.0 Å². The van der Waals surface area contributed by atoms with E-state index in [0.717, 1.165) is 42.2 Å². The van der Waals surface area contributed by atoms with Gasteiger partial charge in [-0.1, -0.05) is 42.5 Å². The number of aliphatic hydroxyl groups excluding tert-OH is 1. The van der Waals surface area contributed by atoms with E-state index in [4.69, 9.17) is 4.18 Å². The maximum absolute atomic E-state index is 14.5. The van der Waals surface area contributed by atoms with Gasteiger partial charge in [0.25, 0.3) is 0 Å². The predicted molar refractivity (Wildman–Crippen MR) is 166 cm³/mol. The van der Waals surface area contributed by atoms with Gasteiger partial charge in [0.1, 0.15) is 16.2 Å². The number of aryl methyl sites for hydroxylation is 2. The highest BCUT2D eigenvalue weighted by atomic mass is 79.9. The lowest BCUT2D eigenvalue weighted by atomic mass is 10.0. The molecule has 0 radical (unpaired) electrons. The van der Waals surface area contributed by atoms with Crippen LogP contribution in [0.4, 0.5) is 4.39 Å². The molecule has 0 spiro atoms. The van der Waals surface area contributed by atoms with E-state index < -0.39 is 10.3 Å². The Balaban J connectivity index is 1.65. The first-order valence-electron chi connectivity index (χ1n) is 13.4. The Kier molecular flexibility index (Phi) is 8.36. The quantitative estimate of drug-likeness (QED) is 0.179. The first-order chi connectivity index (χ1) is 19.2. The Morgan fingerprint density at radius 3 is 2.12 bits per heavy atom. The molecule has 0 amide bonds. The van der Waals surface area contributed by atoms with E-state index in [1.165, 1.54) is 6.07 Å². The van der Waals surface area contributed by atoms with E-state index in [2.05, 4.69) is 96.4 Å². The van der Waals surface area contributed by atoms with Gasteiger partial charge in [-0.15, -0.1) is 0 Å². The molecule has 0 saturated heterocycles. The van der Waals surface area contributed by atoms with Crippen LogP contribution in [0, 0.1) is 5.82 Å². The zero-order valence-corrected chi connectivity index (χ0v) is 25.4. The fourth-order valence-electron chi connectivity index (χ4n) is 5.18. The zero-order chi connectivity index (χ0) is 28.3. The Morgan fingerprint density at radius 2 is 1.52 bits per heavy atom. The smallest absolute Gasteiger partial charge is 0.143 e. The summed E-state index contributed by atoms with van der Waals surface area (Å²) in [6.07, 6.45) is 1.43. The van der Waals surface area contributed by atoms with Crippen LogP contribution in [0.2, 0.25) is 0 Å². The number of hydrogen-bond acceptors (Lipinski definition) is 3. The minimum Gasteiger partial charge on any atom is -0.439 e. The molecule has 0 unspecified atom stereocenters. The van der Waals surface area contributed by atoms with Crippen molar-refractivity contribution in [1.29, 1.82) is 0 Å². The van der Waals surface area contributed by atoms with Gasteiger partial charge < -0.3 is 9.29 Å². The van der Waals surface area contributed by atoms with Gasteiger partial charge in [-0.2, -0.15) is 5.10 Å². The molecule has 208 valence electrons. The summed E-state index contributed by atoms with van der Waals surface area (Å²) < 4.78 is 24.1. The lowest BCUT2D eigenvalue weighted by molar-refractivity contribution is 0.267. The Labute approximate surface area is 245 Å². The molecule has 5 aromatic rings. The fourth-order valence-corrected chi connectivity index (χ4v) is 9.26. The lowest BCUT2D eigenvalue weighted by Gasteiger charge is -2.50. The summed E-state index contributed by atoms with van der Waals surface area (Å²) in [6, 6.07) is 32.0. The third kappa shape index (κ3) is 5.69. The van der Waals surface area contributed by atoms with E-state index in [9.17, 15) is 9.50 Å². The van der Waals surface area contributed by atoms with Gasteiger partial charge in [0.05, 0.1) is 13.2 Å². The molecule has 4 nitrogen and oxygen atoms in total. The summed E-state index contributed by atoms with van der Waals surface area (Å²) in [6.45, 7) is 7.14. The molecule has 0 aliphatic carbocycles. The normalized spacial score (nSPS) is 12.6. The van der Waals surface area contributed by atoms with Crippen LogP contribution in [-0.4, -0.2) is 26.2 Å². The number of nitrogens with zero attached hydrogens (tertiary/aromatic N) is 2. The lowest BCUT2D eigenvalue weighted by Crippen LogP contribution is -2.30. The summed E-state index contributed by atoms with van der Waals surface area (Å²) in [5, 5.41) is 15.6. The van der Waals surface area contributed by atoms with E-state index in [1.54, 1.807) is 6.07 Å². The van der Waals surface area contributed by atoms with Crippen LogP contribution in [0.5, 0.6) is 5.75 Å². The second-order valence-corrected chi connectivity index (χ2v) is 15.0. The van der Waals surface area contributed by atoms with Crippen LogP contribution >= 0.6 is 26.2 Å². The summed E-state index contributed by atoms with van der Waals surface area (Å²) in [7, 11) is -2.06. The molecule has 7 heteroatoms. The number of hydrogen-bond donors (Lipinski definition) is 1. The van der Waals surface area contributed by atoms with Gasteiger partial charge in [-0.3, -0.25) is 4.68 Å².